The van der Waals surface area contributed by atoms with Gasteiger partial charge in [-0.25, -0.2) is 4.98 Å². The molecular weight excluding hydrogens is 262 g/mol. The van der Waals surface area contributed by atoms with Crippen LogP contribution in [0.25, 0.3) is 10.8 Å². The SMILES string of the molecule is CC1CCCC(NC(=O)c2cnc(N)c3ccccc23)C1. The van der Waals surface area contributed by atoms with Gasteiger partial charge in [0.15, 0.2) is 0 Å². The van der Waals surface area contributed by atoms with E-state index in [4.69, 9.17) is 5.73 Å². The van der Waals surface area contributed by atoms with Crippen LogP contribution >= 0.6 is 0 Å². The molecule has 1 fully saturated rings. The van der Waals surface area contributed by atoms with Crippen LogP contribution in [0.2, 0.25) is 0 Å². The molecule has 1 saturated carbocycles. The molecular formula is C17H21N3O. The van der Waals surface area contributed by atoms with E-state index in [1.165, 1.54) is 12.8 Å². The molecule has 21 heavy (non-hydrogen) atoms. The van der Waals surface area contributed by atoms with Crippen LogP contribution in [0.3, 0.4) is 0 Å². The number of nitrogens with zero attached hydrogens (tertiary/aromatic N) is 1. The van der Waals surface area contributed by atoms with E-state index < -0.39 is 0 Å². The molecule has 1 aromatic heterocycles. The van der Waals surface area contributed by atoms with Crippen LogP contribution < -0.4 is 11.1 Å². The molecule has 1 amide bonds. The molecule has 110 valence electrons. The first-order valence-electron chi connectivity index (χ1n) is 7.59. The largest absolute Gasteiger partial charge is 0.383 e. The summed E-state index contributed by atoms with van der Waals surface area (Å²) in [5.41, 5.74) is 6.49. The first-order chi connectivity index (χ1) is 10.1. The number of benzene rings is 1. The molecule has 1 aliphatic rings. The van der Waals surface area contributed by atoms with Crippen molar-refractivity contribution in [3.63, 3.8) is 0 Å². The molecule has 4 heteroatoms. The first-order valence-corrected chi connectivity index (χ1v) is 7.59. The smallest absolute Gasteiger partial charge is 0.253 e. The molecule has 1 aliphatic carbocycles. The fraction of sp³-hybridized carbons (Fsp3) is 0.412. The van der Waals surface area contributed by atoms with Crippen LogP contribution in [-0.2, 0) is 0 Å². The molecule has 2 atom stereocenters. The highest BCUT2D eigenvalue weighted by Gasteiger charge is 2.22. The number of carbonyl (C=O) groups excluding carboxylic acids is 1. The zero-order valence-corrected chi connectivity index (χ0v) is 12.3. The van der Waals surface area contributed by atoms with E-state index in [-0.39, 0.29) is 11.9 Å². The van der Waals surface area contributed by atoms with Crippen LogP contribution in [0.15, 0.2) is 30.5 Å². The molecule has 4 nitrogen and oxygen atoms in total. The van der Waals surface area contributed by atoms with E-state index in [1.54, 1.807) is 6.20 Å². The normalized spacial score (nSPS) is 22.1. The minimum Gasteiger partial charge on any atom is -0.383 e. The summed E-state index contributed by atoms with van der Waals surface area (Å²) in [5, 5.41) is 4.86. The summed E-state index contributed by atoms with van der Waals surface area (Å²) < 4.78 is 0. The fourth-order valence-corrected chi connectivity index (χ4v) is 3.22. The monoisotopic (exact) mass is 283 g/mol. The van der Waals surface area contributed by atoms with Gasteiger partial charge in [0.05, 0.1) is 5.56 Å². The Balaban J connectivity index is 1.86. The van der Waals surface area contributed by atoms with E-state index in [9.17, 15) is 4.79 Å². The van der Waals surface area contributed by atoms with Gasteiger partial charge in [0.2, 0.25) is 0 Å². The second-order valence-electron chi connectivity index (χ2n) is 6.04. The van der Waals surface area contributed by atoms with Gasteiger partial charge in [0.1, 0.15) is 5.82 Å². The predicted octanol–water partition coefficient (Wildman–Crippen LogP) is 3.13. The van der Waals surface area contributed by atoms with Crippen molar-refractivity contribution in [2.45, 2.75) is 38.6 Å². The van der Waals surface area contributed by atoms with E-state index in [0.29, 0.717) is 17.3 Å². The average molecular weight is 283 g/mol. The van der Waals surface area contributed by atoms with Gasteiger partial charge in [-0.15, -0.1) is 0 Å². The molecule has 2 unspecified atom stereocenters. The number of pyridine rings is 1. The third-order valence-corrected chi connectivity index (χ3v) is 4.34. The van der Waals surface area contributed by atoms with Crippen LogP contribution in [0.5, 0.6) is 0 Å². The Morgan fingerprint density at radius 3 is 2.81 bits per heavy atom. The third-order valence-electron chi connectivity index (χ3n) is 4.34. The molecule has 0 saturated heterocycles. The Bertz CT molecular complexity index is 668. The fourth-order valence-electron chi connectivity index (χ4n) is 3.22. The lowest BCUT2D eigenvalue weighted by atomic mass is 9.87. The Morgan fingerprint density at radius 2 is 2.05 bits per heavy atom. The third kappa shape index (κ3) is 2.84. The Hall–Kier alpha value is -2.10. The van der Waals surface area contributed by atoms with Gasteiger partial charge < -0.3 is 11.1 Å². The summed E-state index contributed by atoms with van der Waals surface area (Å²) in [4.78, 5) is 16.7. The number of rotatable bonds is 2. The lowest BCUT2D eigenvalue weighted by Gasteiger charge is -2.27. The van der Waals surface area contributed by atoms with Crippen LogP contribution in [0.1, 0.15) is 43.0 Å². The van der Waals surface area contributed by atoms with Crippen LogP contribution in [-0.4, -0.2) is 16.9 Å². The summed E-state index contributed by atoms with van der Waals surface area (Å²) in [6.07, 6.45) is 6.16. The van der Waals surface area contributed by atoms with Gasteiger partial charge >= 0.3 is 0 Å². The number of aromatic nitrogens is 1. The van der Waals surface area contributed by atoms with Crippen molar-refractivity contribution in [1.82, 2.24) is 10.3 Å². The lowest BCUT2D eigenvalue weighted by Crippen LogP contribution is -2.38. The summed E-state index contributed by atoms with van der Waals surface area (Å²) in [7, 11) is 0. The molecule has 0 spiro atoms. The molecule has 0 radical (unpaired) electrons. The maximum absolute atomic E-state index is 12.6. The lowest BCUT2D eigenvalue weighted by molar-refractivity contribution is 0.0923. The summed E-state index contributed by atoms with van der Waals surface area (Å²) in [6, 6.07) is 7.92. The van der Waals surface area contributed by atoms with Crippen LogP contribution in [0.4, 0.5) is 5.82 Å². The summed E-state index contributed by atoms with van der Waals surface area (Å²) in [6.45, 7) is 2.25. The van der Waals surface area contributed by atoms with Crippen molar-refractivity contribution in [3.05, 3.63) is 36.0 Å². The van der Waals surface area contributed by atoms with Crippen molar-refractivity contribution < 1.29 is 4.79 Å². The number of fused-ring (bicyclic) bond motifs is 1. The van der Waals surface area contributed by atoms with Crippen LogP contribution in [0, 0.1) is 5.92 Å². The van der Waals surface area contributed by atoms with E-state index in [2.05, 4.69) is 17.2 Å². The minimum atomic E-state index is -0.0437. The summed E-state index contributed by atoms with van der Waals surface area (Å²) >= 11 is 0. The van der Waals surface area contributed by atoms with Gasteiger partial charge in [0, 0.05) is 17.6 Å². The van der Waals surface area contributed by atoms with Gasteiger partial charge in [-0.1, -0.05) is 44.0 Å². The number of nitrogens with one attached hydrogen (secondary N) is 1. The predicted molar refractivity (Wildman–Crippen MR) is 85.0 cm³/mol. The molecule has 0 bridgehead atoms. The minimum absolute atomic E-state index is 0.0437. The summed E-state index contributed by atoms with van der Waals surface area (Å²) in [5.74, 6) is 1.11. The number of nitrogen functional groups attached to an aromatic ring is 1. The highest BCUT2D eigenvalue weighted by atomic mass is 16.1. The first kappa shape index (κ1) is 13.9. The Morgan fingerprint density at radius 1 is 1.29 bits per heavy atom. The van der Waals surface area contributed by atoms with Crippen molar-refractivity contribution in [2.75, 3.05) is 5.73 Å². The number of amides is 1. The molecule has 3 rings (SSSR count). The number of hydrogen-bond acceptors (Lipinski definition) is 3. The maximum Gasteiger partial charge on any atom is 0.253 e. The number of hydrogen-bond donors (Lipinski definition) is 2. The van der Waals surface area contributed by atoms with E-state index in [1.807, 2.05) is 24.3 Å². The molecule has 0 aliphatic heterocycles. The standard InChI is InChI=1S/C17H21N3O/c1-11-5-4-6-12(9-11)20-17(21)15-10-19-16(18)14-8-3-2-7-13(14)15/h2-3,7-8,10-12H,4-6,9H2,1H3,(H2,18,19)(H,20,21). The van der Waals surface area contributed by atoms with Crippen molar-refractivity contribution in [2.24, 2.45) is 5.92 Å². The van der Waals surface area contributed by atoms with E-state index in [0.717, 1.165) is 23.6 Å². The molecule has 1 heterocycles. The van der Waals surface area contributed by atoms with Crippen molar-refractivity contribution in [3.8, 4) is 0 Å². The second-order valence-corrected chi connectivity index (χ2v) is 6.04. The van der Waals surface area contributed by atoms with E-state index >= 15 is 0 Å². The van der Waals surface area contributed by atoms with Gasteiger partial charge in [0.25, 0.3) is 5.91 Å². The number of carbonyl (C=O) groups is 1. The Kier molecular flexibility index (Phi) is 3.78. The highest BCUT2D eigenvalue weighted by Crippen LogP contribution is 2.25. The molecule has 1 aromatic carbocycles. The van der Waals surface area contributed by atoms with Gasteiger partial charge in [-0.3, -0.25) is 4.79 Å². The zero-order chi connectivity index (χ0) is 14.8. The van der Waals surface area contributed by atoms with Gasteiger partial charge in [-0.2, -0.15) is 0 Å². The second kappa shape index (κ2) is 5.72. The van der Waals surface area contributed by atoms with Gasteiger partial charge in [-0.05, 0) is 24.1 Å². The topological polar surface area (TPSA) is 68.0 Å². The average Bonchev–Trinajstić information content (AvgIpc) is 2.48. The number of nitrogens with two attached hydrogens (primary N) is 1. The quantitative estimate of drug-likeness (QED) is 0.889. The molecule has 2 aromatic rings. The molecule has 3 N–H and O–H groups in total. The zero-order valence-electron chi connectivity index (χ0n) is 12.3. The number of anilines is 1. The van der Waals surface area contributed by atoms with Crippen molar-refractivity contribution in [1.29, 1.82) is 0 Å². The van der Waals surface area contributed by atoms with Crippen molar-refractivity contribution >= 4 is 22.5 Å². The maximum atomic E-state index is 12.6. The Labute approximate surface area is 124 Å². The highest BCUT2D eigenvalue weighted by molar-refractivity contribution is 6.09.